The van der Waals surface area contributed by atoms with Gasteiger partial charge in [-0.1, -0.05) is 23.7 Å². The molecule has 7 heteroatoms. The van der Waals surface area contributed by atoms with E-state index in [-0.39, 0.29) is 5.56 Å². The van der Waals surface area contributed by atoms with Gasteiger partial charge in [0, 0.05) is 5.56 Å². The van der Waals surface area contributed by atoms with Crippen LogP contribution in [0.2, 0.25) is 5.02 Å². The highest BCUT2D eigenvalue weighted by atomic mass is 35.5. The fourth-order valence-electron chi connectivity index (χ4n) is 1.21. The maximum absolute atomic E-state index is 12.8. The average Bonchev–Trinajstić information content (AvgIpc) is 2.15. The van der Waals surface area contributed by atoms with Gasteiger partial charge in [0.15, 0.2) is 0 Å². The van der Waals surface area contributed by atoms with Gasteiger partial charge in [0.2, 0.25) is 5.78 Å². The monoisotopic (exact) mass is 272 g/mol. The number of carbonyl (C=O) groups excluding carboxylic acids is 1. The number of aryl methyl sites for hydroxylation is 1. The van der Waals surface area contributed by atoms with Gasteiger partial charge in [-0.15, -0.1) is 0 Å². The molecule has 1 aromatic carbocycles. The molecule has 0 atom stereocenters. The Labute approximate surface area is 98.2 Å². The quantitative estimate of drug-likeness (QED) is 0.587. The molecular weight excluding hydrogens is 267 g/mol. The Morgan fingerprint density at radius 1 is 1.18 bits per heavy atom. The fourth-order valence-corrected chi connectivity index (χ4v) is 1.51. The van der Waals surface area contributed by atoms with Crippen molar-refractivity contribution in [3.05, 3.63) is 34.3 Å². The van der Waals surface area contributed by atoms with Gasteiger partial charge in [-0.05, 0) is 18.6 Å². The molecule has 0 heterocycles. The van der Waals surface area contributed by atoms with Gasteiger partial charge >= 0.3 is 12.1 Å². The molecule has 0 spiro atoms. The maximum atomic E-state index is 12.8. The van der Waals surface area contributed by atoms with Crippen LogP contribution in [-0.2, 0) is 0 Å². The molecular formula is C10H6ClF5O. The van der Waals surface area contributed by atoms with Gasteiger partial charge in [0.25, 0.3) is 0 Å². The van der Waals surface area contributed by atoms with E-state index in [1.54, 1.807) is 0 Å². The third-order valence-corrected chi connectivity index (χ3v) is 2.41. The van der Waals surface area contributed by atoms with Crippen LogP contribution < -0.4 is 0 Å². The van der Waals surface area contributed by atoms with Crippen molar-refractivity contribution >= 4 is 17.4 Å². The summed E-state index contributed by atoms with van der Waals surface area (Å²) in [5.74, 6) is -7.78. The summed E-state index contributed by atoms with van der Waals surface area (Å²) in [6.07, 6.45) is -5.93. The zero-order valence-electron chi connectivity index (χ0n) is 8.41. The first kappa shape index (κ1) is 13.9. The molecule has 0 fully saturated rings. The van der Waals surface area contributed by atoms with Crippen molar-refractivity contribution in [1.82, 2.24) is 0 Å². The van der Waals surface area contributed by atoms with E-state index in [9.17, 15) is 26.7 Å². The van der Waals surface area contributed by atoms with Crippen LogP contribution in [0.25, 0.3) is 0 Å². The minimum Gasteiger partial charge on any atom is -0.287 e. The van der Waals surface area contributed by atoms with Crippen molar-refractivity contribution < 1.29 is 26.7 Å². The van der Waals surface area contributed by atoms with Crippen LogP contribution in [0.4, 0.5) is 22.0 Å². The second-order valence-corrected chi connectivity index (χ2v) is 3.74. The van der Waals surface area contributed by atoms with Crippen LogP contribution in [0.5, 0.6) is 0 Å². The lowest BCUT2D eigenvalue weighted by Gasteiger charge is -2.19. The van der Waals surface area contributed by atoms with E-state index in [4.69, 9.17) is 11.6 Å². The summed E-state index contributed by atoms with van der Waals surface area (Å²) >= 11 is 5.46. The van der Waals surface area contributed by atoms with Gasteiger partial charge in [-0.3, -0.25) is 4.79 Å². The summed E-state index contributed by atoms with van der Waals surface area (Å²) in [4.78, 5) is 11.2. The molecule has 0 unspecified atom stereocenters. The number of hydrogen-bond donors (Lipinski definition) is 0. The summed E-state index contributed by atoms with van der Waals surface area (Å²) in [6, 6.07) is 3.65. The van der Waals surface area contributed by atoms with E-state index >= 15 is 0 Å². The lowest BCUT2D eigenvalue weighted by atomic mass is 10.00. The zero-order chi connectivity index (χ0) is 13.4. The molecule has 0 saturated heterocycles. The Bertz CT molecular complexity index is 432. The molecule has 0 aliphatic heterocycles. The number of alkyl halides is 5. The minimum absolute atomic E-state index is 0.0357. The van der Waals surface area contributed by atoms with Crippen LogP contribution in [-0.4, -0.2) is 17.9 Å². The summed E-state index contributed by atoms with van der Waals surface area (Å²) in [6.45, 7) is 1.23. The van der Waals surface area contributed by atoms with Crippen molar-refractivity contribution in [3.8, 4) is 0 Å². The van der Waals surface area contributed by atoms with Crippen molar-refractivity contribution in [2.45, 2.75) is 19.0 Å². The summed E-state index contributed by atoms with van der Waals surface area (Å²) in [7, 11) is 0. The molecule has 0 aromatic heterocycles. The van der Waals surface area contributed by atoms with Crippen molar-refractivity contribution in [2.24, 2.45) is 0 Å². The summed E-state index contributed by atoms with van der Waals surface area (Å²) in [5, 5.41) is -0.432. The van der Waals surface area contributed by atoms with Gasteiger partial charge < -0.3 is 0 Å². The van der Waals surface area contributed by atoms with Crippen molar-refractivity contribution in [2.75, 3.05) is 0 Å². The molecule has 94 valence electrons. The highest BCUT2D eigenvalue weighted by Crippen LogP contribution is 2.39. The van der Waals surface area contributed by atoms with E-state index in [0.29, 0.717) is 0 Å². The Morgan fingerprint density at radius 3 is 2.12 bits per heavy atom. The highest BCUT2D eigenvalue weighted by Gasteiger charge is 2.63. The molecule has 1 rings (SSSR count). The van der Waals surface area contributed by atoms with Gasteiger partial charge in [0.1, 0.15) is 0 Å². The van der Waals surface area contributed by atoms with E-state index in [1.165, 1.54) is 19.1 Å². The first-order valence-corrected chi connectivity index (χ1v) is 4.71. The molecule has 17 heavy (non-hydrogen) atoms. The SMILES string of the molecule is Cc1cccc(Cl)c1C(=O)C(F)(F)C(F)(F)F. The second kappa shape index (κ2) is 4.25. The van der Waals surface area contributed by atoms with Crippen LogP contribution in [0, 0.1) is 6.92 Å². The maximum Gasteiger partial charge on any atom is 0.461 e. The minimum atomic E-state index is -5.93. The Morgan fingerprint density at radius 2 is 1.71 bits per heavy atom. The lowest BCUT2D eigenvalue weighted by Crippen LogP contribution is -2.44. The molecule has 1 aromatic rings. The smallest absolute Gasteiger partial charge is 0.287 e. The molecule has 0 radical (unpaired) electrons. The van der Waals surface area contributed by atoms with Crippen LogP contribution in [0.1, 0.15) is 15.9 Å². The standard InChI is InChI=1S/C10H6ClF5O/c1-5-3-2-4-6(11)7(5)8(17)9(12,13)10(14,15)16/h2-4H,1H3. The molecule has 1 nitrogen and oxygen atoms in total. The third-order valence-electron chi connectivity index (χ3n) is 2.09. The van der Waals surface area contributed by atoms with Gasteiger partial charge in [-0.2, -0.15) is 22.0 Å². The largest absolute Gasteiger partial charge is 0.461 e. The van der Waals surface area contributed by atoms with Gasteiger partial charge in [-0.25, -0.2) is 0 Å². The molecule has 0 aliphatic rings. The third kappa shape index (κ3) is 2.41. The predicted octanol–water partition coefficient (Wildman–Crippen LogP) is 4.03. The molecule has 0 bridgehead atoms. The Kier molecular flexibility index (Phi) is 3.47. The fraction of sp³-hybridized carbons (Fsp3) is 0.300. The Hall–Kier alpha value is -1.17. The number of ketones is 1. The zero-order valence-corrected chi connectivity index (χ0v) is 9.16. The van der Waals surface area contributed by atoms with Crippen molar-refractivity contribution in [3.63, 3.8) is 0 Å². The van der Waals surface area contributed by atoms with E-state index < -0.39 is 28.5 Å². The van der Waals surface area contributed by atoms with E-state index in [2.05, 4.69) is 0 Å². The number of benzene rings is 1. The summed E-state index contributed by atoms with van der Waals surface area (Å²) in [5.41, 5.74) is -0.845. The van der Waals surface area contributed by atoms with Crippen LogP contribution in [0.15, 0.2) is 18.2 Å². The number of carbonyl (C=O) groups is 1. The first-order valence-electron chi connectivity index (χ1n) is 4.33. The second-order valence-electron chi connectivity index (χ2n) is 3.33. The number of hydrogen-bond acceptors (Lipinski definition) is 1. The molecule has 0 amide bonds. The number of rotatable bonds is 2. The molecule has 0 N–H and O–H groups in total. The van der Waals surface area contributed by atoms with E-state index in [0.717, 1.165) is 6.07 Å². The Balaban J connectivity index is 3.32. The average molecular weight is 273 g/mol. The van der Waals surface area contributed by atoms with Crippen LogP contribution in [0.3, 0.4) is 0 Å². The van der Waals surface area contributed by atoms with Crippen LogP contribution >= 0.6 is 11.6 Å². The summed E-state index contributed by atoms with van der Waals surface area (Å²) < 4.78 is 61.7. The number of Topliss-reactive ketones (excluding diaryl/α,β-unsaturated/α-hetero) is 1. The lowest BCUT2D eigenvalue weighted by molar-refractivity contribution is -0.255. The topological polar surface area (TPSA) is 17.1 Å². The molecule has 0 saturated carbocycles. The normalized spacial score (nSPS) is 12.6. The van der Waals surface area contributed by atoms with Gasteiger partial charge in [0.05, 0.1) is 5.02 Å². The highest BCUT2D eigenvalue weighted by molar-refractivity contribution is 6.34. The first-order chi connectivity index (χ1) is 7.59. The number of halogens is 6. The van der Waals surface area contributed by atoms with E-state index in [1.807, 2.05) is 0 Å². The van der Waals surface area contributed by atoms with Crippen molar-refractivity contribution in [1.29, 1.82) is 0 Å². The molecule has 0 aliphatic carbocycles. The predicted molar refractivity (Wildman–Crippen MR) is 51.5 cm³/mol.